The highest BCUT2D eigenvalue weighted by Gasteiger charge is 2.13. The number of oxazole rings is 1. The molecule has 0 radical (unpaired) electrons. The van der Waals surface area contributed by atoms with Gasteiger partial charge in [-0.1, -0.05) is 23.7 Å². The van der Waals surface area contributed by atoms with Gasteiger partial charge < -0.3 is 14.5 Å². The number of aromatic nitrogens is 1. The van der Waals surface area contributed by atoms with Crippen LogP contribution in [0.15, 0.2) is 65.1 Å². The van der Waals surface area contributed by atoms with Crippen LogP contribution in [0.3, 0.4) is 0 Å². The minimum Gasteiger partial charge on any atom is -0.497 e. The molecule has 3 aromatic carbocycles. The highest BCUT2D eigenvalue weighted by molar-refractivity contribution is 7.80. The number of methoxy groups -OCH3 is 1. The summed E-state index contributed by atoms with van der Waals surface area (Å²) in [6, 6.07) is 18.0. The van der Waals surface area contributed by atoms with Crippen LogP contribution in [0.1, 0.15) is 15.9 Å². The van der Waals surface area contributed by atoms with Gasteiger partial charge in [0.2, 0.25) is 5.89 Å². The summed E-state index contributed by atoms with van der Waals surface area (Å²) in [5, 5.41) is 6.17. The van der Waals surface area contributed by atoms with Crippen molar-refractivity contribution in [3.63, 3.8) is 0 Å². The summed E-state index contributed by atoms with van der Waals surface area (Å²) in [4.78, 5) is 17.0. The molecule has 0 aliphatic rings. The zero-order valence-corrected chi connectivity index (χ0v) is 18.3. The number of anilines is 1. The zero-order chi connectivity index (χ0) is 22.0. The summed E-state index contributed by atoms with van der Waals surface area (Å²) in [7, 11) is 1.60. The molecule has 1 amide bonds. The van der Waals surface area contributed by atoms with Crippen molar-refractivity contribution in [1.29, 1.82) is 0 Å². The van der Waals surface area contributed by atoms with Crippen molar-refractivity contribution >= 4 is 51.6 Å². The number of amides is 1. The van der Waals surface area contributed by atoms with E-state index in [-0.39, 0.29) is 11.0 Å². The molecule has 156 valence electrons. The predicted octanol–water partition coefficient (Wildman–Crippen LogP) is 5.59. The summed E-state index contributed by atoms with van der Waals surface area (Å²) >= 11 is 11.4. The second-order valence-electron chi connectivity index (χ2n) is 6.83. The second-order valence-corrected chi connectivity index (χ2v) is 7.64. The molecule has 1 heterocycles. The molecule has 0 aliphatic carbocycles. The molecule has 0 fully saturated rings. The fraction of sp³-hybridized carbons (Fsp3) is 0.0870. The first-order valence-electron chi connectivity index (χ1n) is 9.36. The molecule has 0 atom stereocenters. The van der Waals surface area contributed by atoms with Gasteiger partial charge in [-0.25, -0.2) is 4.98 Å². The lowest BCUT2D eigenvalue weighted by molar-refractivity contribution is 0.0978. The number of ether oxygens (including phenoxy) is 1. The Bertz CT molecular complexity index is 1300. The first-order chi connectivity index (χ1) is 14.9. The van der Waals surface area contributed by atoms with E-state index in [2.05, 4.69) is 15.6 Å². The Kier molecular flexibility index (Phi) is 5.88. The molecule has 0 bridgehead atoms. The third-order valence-electron chi connectivity index (χ3n) is 4.56. The van der Waals surface area contributed by atoms with E-state index in [4.69, 9.17) is 33.0 Å². The largest absolute Gasteiger partial charge is 0.497 e. The van der Waals surface area contributed by atoms with Crippen LogP contribution in [0.25, 0.3) is 22.6 Å². The van der Waals surface area contributed by atoms with E-state index in [1.807, 2.05) is 55.5 Å². The zero-order valence-electron chi connectivity index (χ0n) is 16.7. The number of hydrogen-bond donors (Lipinski definition) is 2. The maximum Gasteiger partial charge on any atom is 0.258 e. The lowest BCUT2D eigenvalue weighted by Crippen LogP contribution is -2.34. The van der Waals surface area contributed by atoms with Crippen molar-refractivity contribution in [3.05, 3.63) is 76.8 Å². The van der Waals surface area contributed by atoms with E-state index < -0.39 is 0 Å². The van der Waals surface area contributed by atoms with Crippen molar-refractivity contribution in [2.24, 2.45) is 0 Å². The number of thiocarbonyl (C=S) groups is 1. The lowest BCUT2D eigenvalue weighted by atomic mass is 10.1. The first kappa shape index (κ1) is 20.8. The molecule has 6 nitrogen and oxygen atoms in total. The SMILES string of the molecule is COc1ccc2oc(-c3cccc(NC(=S)NC(=O)c4ccc(C)cc4Cl)c3)nc2c1. The van der Waals surface area contributed by atoms with Crippen LogP contribution in [-0.2, 0) is 0 Å². The van der Waals surface area contributed by atoms with Gasteiger partial charge in [0, 0.05) is 17.3 Å². The number of carbonyl (C=O) groups is 1. The molecular formula is C23H18ClN3O3S. The van der Waals surface area contributed by atoms with Crippen molar-refractivity contribution < 1.29 is 13.9 Å². The van der Waals surface area contributed by atoms with Crippen LogP contribution in [0.2, 0.25) is 5.02 Å². The molecule has 1 aromatic heterocycles. The van der Waals surface area contributed by atoms with Crippen LogP contribution in [0.5, 0.6) is 5.75 Å². The smallest absolute Gasteiger partial charge is 0.258 e. The van der Waals surface area contributed by atoms with E-state index in [1.54, 1.807) is 19.2 Å². The van der Waals surface area contributed by atoms with Gasteiger partial charge in [-0.15, -0.1) is 0 Å². The van der Waals surface area contributed by atoms with Crippen LogP contribution in [0, 0.1) is 6.92 Å². The topological polar surface area (TPSA) is 76.4 Å². The quantitative estimate of drug-likeness (QED) is 0.394. The normalized spacial score (nSPS) is 10.7. The second kappa shape index (κ2) is 8.75. The monoisotopic (exact) mass is 451 g/mol. The van der Waals surface area contributed by atoms with E-state index in [0.29, 0.717) is 39.0 Å². The van der Waals surface area contributed by atoms with Gasteiger partial charge in [-0.2, -0.15) is 0 Å². The number of rotatable bonds is 4. The molecule has 8 heteroatoms. The highest BCUT2D eigenvalue weighted by Crippen LogP contribution is 2.28. The predicted molar refractivity (Wildman–Crippen MR) is 126 cm³/mol. The van der Waals surface area contributed by atoms with Gasteiger partial charge in [0.05, 0.1) is 17.7 Å². The summed E-state index contributed by atoms with van der Waals surface area (Å²) in [5.41, 5.74) is 4.12. The molecule has 2 N–H and O–H groups in total. The third kappa shape index (κ3) is 4.68. The van der Waals surface area contributed by atoms with Crippen LogP contribution in [0.4, 0.5) is 5.69 Å². The number of hydrogen-bond acceptors (Lipinski definition) is 5. The maximum atomic E-state index is 12.5. The van der Waals surface area contributed by atoms with Gasteiger partial charge in [0.25, 0.3) is 5.91 Å². The van der Waals surface area contributed by atoms with Gasteiger partial charge >= 0.3 is 0 Å². The lowest BCUT2D eigenvalue weighted by Gasteiger charge is -2.11. The molecule has 0 unspecified atom stereocenters. The van der Waals surface area contributed by atoms with E-state index >= 15 is 0 Å². The number of nitrogens with zero attached hydrogens (tertiary/aromatic N) is 1. The van der Waals surface area contributed by atoms with Crippen molar-refractivity contribution in [2.75, 3.05) is 12.4 Å². The Morgan fingerprint density at radius 2 is 1.97 bits per heavy atom. The Labute approximate surface area is 189 Å². The Morgan fingerprint density at radius 1 is 1.13 bits per heavy atom. The minimum absolute atomic E-state index is 0.154. The summed E-state index contributed by atoms with van der Waals surface area (Å²) in [6.45, 7) is 1.90. The highest BCUT2D eigenvalue weighted by atomic mass is 35.5. The average molecular weight is 452 g/mol. The number of halogens is 1. The molecule has 0 saturated heterocycles. The summed E-state index contributed by atoms with van der Waals surface area (Å²) in [6.07, 6.45) is 0. The number of aryl methyl sites for hydroxylation is 1. The van der Waals surface area contributed by atoms with Crippen LogP contribution < -0.4 is 15.4 Å². The number of carbonyl (C=O) groups excluding carboxylic acids is 1. The molecule has 0 spiro atoms. The Balaban J connectivity index is 1.49. The molecule has 4 rings (SSSR count). The fourth-order valence-electron chi connectivity index (χ4n) is 3.02. The molecule has 4 aromatic rings. The van der Waals surface area contributed by atoms with E-state index in [9.17, 15) is 4.79 Å². The molecule has 0 saturated carbocycles. The van der Waals surface area contributed by atoms with Crippen molar-refractivity contribution in [1.82, 2.24) is 10.3 Å². The summed E-state index contributed by atoms with van der Waals surface area (Å²) in [5.74, 6) is 0.789. The van der Waals surface area contributed by atoms with Gasteiger partial charge in [0.15, 0.2) is 10.7 Å². The van der Waals surface area contributed by atoms with Gasteiger partial charge in [-0.05, 0) is 67.2 Å². The van der Waals surface area contributed by atoms with E-state index in [1.165, 1.54) is 0 Å². The minimum atomic E-state index is -0.383. The van der Waals surface area contributed by atoms with Crippen molar-refractivity contribution in [3.8, 4) is 17.2 Å². The van der Waals surface area contributed by atoms with Gasteiger partial charge in [-0.3, -0.25) is 10.1 Å². The number of benzene rings is 3. The summed E-state index contributed by atoms with van der Waals surface area (Å²) < 4.78 is 11.1. The maximum absolute atomic E-state index is 12.5. The van der Waals surface area contributed by atoms with Crippen LogP contribution >= 0.6 is 23.8 Å². The molecular weight excluding hydrogens is 434 g/mol. The Hall–Kier alpha value is -3.42. The Morgan fingerprint density at radius 3 is 2.74 bits per heavy atom. The number of fused-ring (bicyclic) bond motifs is 1. The molecule has 31 heavy (non-hydrogen) atoms. The first-order valence-corrected chi connectivity index (χ1v) is 10.1. The third-order valence-corrected chi connectivity index (χ3v) is 5.08. The van der Waals surface area contributed by atoms with Crippen molar-refractivity contribution in [2.45, 2.75) is 6.92 Å². The number of nitrogens with one attached hydrogen (secondary N) is 2. The van der Waals surface area contributed by atoms with Crippen LogP contribution in [-0.4, -0.2) is 23.1 Å². The standard InChI is InChI=1S/C23H18ClN3O3S/c1-13-6-8-17(18(24)10-13)21(28)27-23(31)25-15-5-3-4-14(11-15)22-26-19-12-16(29-2)7-9-20(19)30-22/h3-12H,1-2H3,(H2,25,27,28,31). The van der Waals surface area contributed by atoms with Gasteiger partial charge in [0.1, 0.15) is 11.3 Å². The fourth-order valence-corrected chi connectivity index (χ4v) is 3.56. The molecule has 0 aliphatic heterocycles. The average Bonchev–Trinajstić information content (AvgIpc) is 3.17. The van der Waals surface area contributed by atoms with E-state index in [0.717, 1.165) is 11.1 Å².